The van der Waals surface area contributed by atoms with Crippen LogP contribution < -0.4 is 0 Å². The van der Waals surface area contributed by atoms with Crippen molar-refractivity contribution >= 4 is 17.6 Å². The second-order valence-corrected chi connectivity index (χ2v) is 5.86. The molecule has 0 aromatic heterocycles. The van der Waals surface area contributed by atoms with Crippen molar-refractivity contribution in [1.29, 1.82) is 0 Å². The molecule has 0 amide bonds. The van der Waals surface area contributed by atoms with E-state index in [0.29, 0.717) is 24.5 Å². The van der Waals surface area contributed by atoms with Crippen LogP contribution in [0.1, 0.15) is 37.5 Å². The van der Waals surface area contributed by atoms with Gasteiger partial charge in [0.15, 0.2) is 0 Å². The quantitative estimate of drug-likeness (QED) is 0.747. The predicted molar refractivity (Wildman–Crippen MR) is 80.7 cm³/mol. The molecule has 2 rings (SSSR count). The molecule has 21 heavy (non-hydrogen) atoms. The van der Waals surface area contributed by atoms with Gasteiger partial charge >= 0.3 is 5.97 Å². The van der Waals surface area contributed by atoms with E-state index in [1.165, 1.54) is 0 Å². The fraction of sp³-hybridized carbons (Fsp3) is 0.562. The molecule has 1 aliphatic heterocycles. The van der Waals surface area contributed by atoms with Gasteiger partial charge in [-0.25, -0.2) is 0 Å². The Hall–Kier alpha value is -1.10. The van der Waals surface area contributed by atoms with E-state index in [4.69, 9.17) is 21.1 Å². The summed E-state index contributed by atoms with van der Waals surface area (Å²) in [6, 6.07) is 5.58. The standard InChI is InChI=1S/C16H21ClO4/c1-3-11(16(18)19)6-12-7-13(17)4-5-15(12)10(2)20-8-14-9-21-14/h4-5,7,10-11,14H,3,6,8-9H2,1-2H3,(H,18,19)/t10-,11?,14+/m1/s1. The van der Waals surface area contributed by atoms with Crippen LogP contribution in [0.4, 0.5) is 0 Å². The van der Waals surface area contributed by atoms with E-state index in [0.717, 1.165) is 17.7 Å². The number of carboxylic acid groups (broad SMARTS) is 1. The molecule has 1 unspecified atom stereocenters. The Morgan fingerprint density at radius 3 is 2.86 bits per heavy atom. The molecule has 5 heteroatoms. The van der Waals surface area contributed by atoms with Crippen molar-refractivity contribution in [3.63, 3.8) is 0 Å². The van der Waals surface area contributed by atoms with Crippen molar-refractivity contribution in [1.82, 2.24) is 0 Å². The lowest BCUT2D eigenvalue weighted by Gasteiger charge is -2.19. The van der Waals surface area contributed by atoms with Gasteiger partial charge in [0, 0.05) is 5.02 Å². The minimum atomic E-state index is -0.775. The molecule has 116 valence electrons. The summed E-state index contributed by atoms with van der Waals surface area (Å²) in [6.45, 7) is 5.18. The van der Waals surface area contributed by atoms with E-state index in [9.17, 15) is 9.90 Å². The zero-order chi connectivity index (χ0) is 15.4. The zero-order valence-electron chi connectivity index (χ0n) is 12.3. The molecule has 1 fully saturated rings. The lowest BCUT2D eigenvalue weighted by molar-refractivity contribution is -0.141. The normalized spacial score (nSPS) is 20.0. The first-order chi connectivity index (χ1) is 10.0. The van der Waals surface area contributed by atoms with Crippen LogP contribution in [-0.4, -0.2) is 30.4 Å². The molecule has 0 aliphatic carbocycles. The van der Waals surface area contributed by atoms with E-state index in [2.05, 4.69) is 0 Å². The van der Waals surface area contributed by atoms with E-state index in [-0.39, 0.29) is 12.2 Å². The van der Waals surface area contributed by atoms with Crippen LogP contribution in [0.5, 0.6) is 0 Å². The van der Waals surface area contributed by atoms with Crippen molar-refractivity contribution in [3.05, 3.63) is 34.3 Å². The second kappa shape index (κ2) is 7.25. The number of hydrogen-bond donors (Lipinski definition) is 1. The van der Waals surface area contributed by atoms with Crippen molar-refractivity contribution in [2.24, 2.45) is 5.92 Å². The van der Waals surface area contributed by atoms with Crippen LogP contribution >= 0.6 is 11.6 Å². The highest BCUT2D eigenvalue weighted by Gasteiger charge is 2.25. The first kappa shape index (κ1) is 16.3. The summed E-state index contributed by atoms with van der Waals surface area (Å²) in [6.07, 6.45) is 1.17. The number of hydrogen-bond acceptors (Lipinski definition) is 3. The van der Waals surface area contributed by atoms with Crippen LogP contribution in [0, 0.1) is 5.92 Å². The van der Waals surface area contributed by atoms with Gasteiger partial charge < -0.3 is 14.6 Å². The average Bonchev–Trinajstić information content (AvgIpc) is 3.26. The Kier molecular flexibility index (Phi) is 5.62. The third-order valence-electron chi connectivity index (χ3n) is 3.79. The van der Waals surface area contributed by atoms with E-state index < -0.39 is 11.9 Å². The molecule has 1 aliphatic rings. The van der Waals surface area contributed by atoms with Crippen molar-refractivity contribution in [2.75, 3.05) is 13.2 Å². The number of carbonyl (C=O) groups is 1. The molecule has 0 spiro atoms. The van der Waals surface area contributed by atoms with Crippen LogP contribution in [0.2, 0.25) is 5.02 Å². The second-order valence-electron chi connectivity index (χ2n) is 5.42. The summed E-state index contributed by atoms with van der Waals surface area (Å²) >= 11 is 6.06. The molecule has 4 nitrogen and oxygen atoms in total. The topological polar surface area (TPSA) is 59.1 Å². The van der Waals surface area contributed by atoms with Gasteiger partial charge in [-0.3, -0.25) is 4.79 Å². The Labute approximate surface area is 130 Å². The lowest BCUT2D eigenvalue weighted by atomic mass is 9.92. The maximum atomic E-state index is 11.2. The third kappa shape index (κ3) is 4.70. The summed E-state index contributed by atoms with van der Waals surface area (Å²) < 4.78 is 10.9. The average molecular weight is 313 g/mol. The van der Waals surface area contributed by atoms with Gasteiger partial charge in [0.2, 0.25) is 0 Å². The number of aliphatic carboxylic acids is 1. The molecular formula is C16H21ClO4. The summed E-state index contributed by atoms with van der Waals surface area (Å²) in [4.78, 5) is 11.2. The SMILES string of the molecule is CCC(Cc1cc(Cl)ccc1[C@@H](C)OC[C@H]1CO1)C(=O)O. The first-order valence-electron chi connectivity index (χ1n) is 7.25. The third-order valence-corrected chi connectivity index (χ3v) is 4.02. The van der Waals surface area contributed by atoms with Crippen molar-refractivity contribution in [3.8, 4) is 0 Å². The molecular weight excluding hydrogens is 292 g/mol. The van der Waals surface area contributed by atoms with Gasteiger partial charge in [-0.15, -0.1) is 0 Å². The van der Waals surface area contributed by atoms with E-state index in [1.807, 2.05) is 32.0 Å². The molecule has 0 radical (unpaired) electrons. The van der Waals surface area contributed by atoms with Crippen LogP contribution in [0.15, 0.2) is 18.2 Å². The highest BCUT2D eigenvalue weighted by atomic mass is 35.5. The van der Waals surface area contributed by atoms with Gasteiger partial charge in [0.1, 0.15) is 6.10 Å². The predicted octanol–water partition coefficient (Wildman–Crippen LogP) is 3.47. The van der Waals surface area contributed by atoms with E-state index in [1.54, 1.807) is 0 Å². The Balaban J connectivity index is 2.13. The fourth-order valence-corrected chi connectivity index (χ4v) is 2.52. The van der Waals surface area contributed by atoms with Crippen LogP contribution in [0.25, 0.3) is 0 Å². The van der Waals surface area contributed by atoms with Gasteiger partial charge in [0.25, 0.3) is 0 Å². The first-order valence-corrected chi connectivity index (χ1v) is 7.63. The number of epoxide rings is 1. The fourth-order valence-electron chi connectivity index (χ4n) is 2.33. The van der Waals surface area contributed by atoms with Gasteiger partial charge in [-0.2, -0.15) is 0 Å². The molecule has 1 aromatic rings. The summed E-state index contributed by atoms with van der Waals surface area (Å²) in [7, 11) is 0. The van der Waals surface area contributed by atoms with Crippen LogP contribution in [-0.2, 0) is 20.7 Å². The molecule has 3 atom stereocenters. The maximum Gasteiger partial charge on any atom is 0.306 e. The van der Waals surface area contributed by atoms with Crippen LogP contribution in [0.3, 0.4) is 0 Å². The van der Waals surface area contributed by atoms with Gasteiger partial charge in [-0.1, -0.05) is 24.6 Å². The Bertz CT molecular complexity index is 499. The lowest BCUT2D eigenvalue weighted by Crippen LogP contribution is -2.17. The molecule has 1 saturated heterocycles. The molecule has 0 bridgehead atoms. The Morgan fingerprint density at radius 1 is 1.57 bits per heavy atom. The smallest absolute Gasteiger partial charge is 0.306 e. The monoisotopic (exact) mass is 312 g/mol. The molecule has 1 aromatic carbocycles. The minimum absolute atomic E-state index is 0.104. The number of benzene rings is 1. The largest absolute Gasteiger partial charge is 0.481 e. The summed E-state index contributed by atoms with van der Waals surface area (Å²) in [5, 5.41) is 9.85. The number of rotatable bonds is 8. The highest BCUT2D eigenvalue weighted by Crippen LogP contribution is 2.28. The Morgan fingerprint density at radius 2 is 2.29 bits per heavy atom. The van der Waals surface area contributed by atoms with Gasteiger partial charge in [0.05, 0.1) is 25.2 Å². The van der Waals surface area contributed by atoms with Gasteiger partial charge in [-0.05, 0) is 43.0 Å². The van der Waals surface area contributed by atoms with Crippen molar-refractivity contribution in [2.45, 2.75) is 38.9 Å². The maximum absolute atomic E-state index is 11.2. The molecule has 1 N–H and O–H groups in total. The van der Waals surface area contributed by atoms with E-state index >= 15 is 0 Å². The summed E-state index contributed by atoms with van der Waals surface area (Å²) in [5.41, 5.74) is 1.95. The zero-order valence-corrected chi connectivity index (χ0v) is 13.1. The summed E-state index contributed by atoms with van der Waals surface area (Å²) in [5.74, 6) is -1.18. The number of halogens is 1. The number of carboxylic acids is 1. The highest BCUT2D eigenvalue weighted by molar-refractivity contribution is 6.30. The van der Waals surface area contributed by atoms with Crippen molar-refractivity contribution < 1.29 is 19.4 Å². The molecule has 1 heterocycles. The minimum Gasteiger partial charge on any atom is -0.481 e. The number of ether oxygens (including phenoxy) is 2. The molecule has 0 saturated carbocycles.